The van der Waals surface area contributed by atoms with E-state index >= 15 is 0 Å². The largest absolute Gasteiger partial charge is 0.380 e. The average molecular weight is 367 g/mol. The third-order valence-corrected chi connectivity index (χ3v) is 3.33. The Morgan fingerprint density at radius 1 is 1.35 bits per heavy atom. The van der Waals surface area contributed by atoms with Gasteiger partial charge in [0.25, 0.3) is 5.56 Å². The molecule has 0 atom stereocenters. The maximum absolute atomic E-state index is 11.7. The number of pyridine rings is 1. The van der Waals surface area contributed by atoms with Crippen molar-refractivity contribution in [2.24, 2.45) is 5.92 Å². The highest BCUT2D eigenvalue weighted by molar-refractivity contribution is 9.11. The minimum absolute atomic E-state index is 0.0272. The molecule has 1 aromatic heterocycles. The third-order valence-electron chi connectivity index (χ3n) is 2.33. The van der Waals surface area contributed by atoms with Crippen LogP contribution in [-0.4, -0.2) is 17.8 Å². The number of aromatic nitrogens is 1. The standard InChI is InChI=1S/C12H17Br2NO2/c1-9(2)3-5-17-6-4-15-8-10(13)7-11(14)12(15)16/h7-9H,3-6H2,1-2H3. The van der Waals surface area contributed by atoms with E-state index in [1.165, 1.54) is 0 Å². The van der Waals surface area contributed by atoms with Crippen LogP contribution in [0.2, 0.25) is 0 Å². The van der Waals surface area contributed by atoms with E-state index in [1.54, 1.807) is 16.8 Å². The van der Waals surface area contributed by atoms with Gasteiger partial charge in [-0.2, -0.15) is 0 Å². The molecule has 0 saturated carbocycles. The van der Waals surface area contributed by atoms with Gasteiger partial charge in [-0.1, -0.05) is 13.8 Å². The molecule has 1 rings (SSSR count). The van der Waals surface area contributed by atoms with E-state index < -0.39 is 0 Å². The van der Waals surface area contributed by atoms with E-state index in [9.17, 15) is 4.79 Å². The van der Waals surface area contributed by atoms with Gasteiger partial charge in [0.2, 0.25) is 0 Å². The van der Waals surface area contributed by atoms with Gasteiger partial charge in [-0.3, -0.25) is 4.79 Å². The lowest BCUT2D eigenvalue weighted by Gasteiger charge is -2.09. The van der Waals surface area contributed by atoms with E-state index in [0.717, 1.165) is 17.5 Å². The molecule has 0 spiro atoms. The molecule has 0 amide bonds. The first-order chi connectivity index (χ1) is 8.00. The summed E-state index contributed by atoms with van der Waals surface area (Å²) < 4.78 is 8.58. The second kappa shape index (κ2) is 7.34. The summed E-state index contributed by atoms with van der Waals surface area (Å²) in [4.78, 5) is 11.7. The predicted octanol–water partition coefficient (Wildman–Crippen LogP) is 3.44. The summed E-state index contributed by atoms with van der Waals surface area (Å²) in [5, 5.41) is 0. The molecule has 96 valence electrons. The van der Waals surface area contributed by atoms with Crippen LogP contribution in [0, 0.1) is 5.92 Å². The van der Waals surface area contributed by atoms with Gasteiger partial charge in [-0.15, -0.1) is 0 Å². The molecule has 3 nitrogen and oxygen atoms in total. The van der Waals surface area contributed by atoms with E-state index in [0.29, 0.717) is 23.5 Å². The van der Waals surface area contributed by atoms with Crippen molar-refractivity contribution < 1.29 is 4.74 Å². The summed E-state index contributed by atoms with van der Waals surface area (Å²) in [7, 11) is 0. The van der Waals surface area contributed by atoms with Crippen LogP contribution < -0.4 is 5.56 Å². The fourth-order valence-corrected chi connectivity index (χ4v) is 2.57. The first-order valence-corrected chi connectivity index (χ1v) is 7.22. The Morgan fingerprint density at radius 3 is 2.71 bits per heavy atom. The lowest BCUT2D eigenvalue weighted by molar-refractivity contribution is 0.115. The lowest BCUT2D eigenvalue weighted by Crippen LogP contribution is -2.22. The van der Waals surface area contributed by atoms with Gasteiger partial charge in [0.1, 0.15) is 0 Å². The van der Waals surface area contributed by atoms with E-state index in [4.69, 9.17) is 4.74 Å². The average Bonchev–Trinajstić information content (AvgIpc) is 2.23. The van der Waals surface area contributed by atoms with E-state index in [2.05, 4.69) is 45.7 Å². The summed E-state index contributed by atoms with van der Waals surface area (Å²) in [6, 6.07) is 1.75. The molecular formula is C12H17Br2NO2. The van der Waals surface area contributed by atoms with Crippen molar-refractivity contribution in [1.82, 2.24) is 4.57 Å². The van der Waals surface area contributed by atoms with Crippen molar-refractivity contribution in [1.29, 1.82) is 0 Å². The zero-order chi connectivity index (χ0) is 12.8. The zero-order valence-corrected chi connectivity index (χ0v) is 13.3. The first-order valence-electron chi connectivity index (χ1n) is 5.64. The predicted molar refractivity (Wildman–Crippen MR) is 76.4 cm³/mol. The van der Waals surface area contributed by atoms with E-state index in [-0.39, 0.29) is 5.56 Å². The number of rotatable bonds is 6. The fourth-order valence-electron chi connectivity index (χ4n) is 1.31. The number of hydrogen-bond acceptors (Lipinski definition) is 2. The fraction of sp³-hybridized carbons (Fsp3) is 0.583. The first kappa shape index (κ1) is 14.9. The van der Waals surface area contributed by atoms with Gasteiger partial charge in [0.05, 0.1) is 11.1 Å². The van der Waals surface area contributed by atoms with Crippen molar-refractivity contribution in [3.63, 3.8) is 0 Å². The molecule has 0 radical (unpaired) electrons. The molecular weight excluding hydrogens is 350 g/mol. The van der Waals surface area contributed by atoms with Crippen molar-refractivity contribution >= 4 is 31.9 Å². The van der Waals surface area contributed by atoms with Gasteiger partial charge in [0, 0.05) is 23.8 Å². The quantitative estimate of drug-likeness (QED) is 0.722. The molecule has 0 N–H and O–H groups in total. The van der Waals surface area contributed by atoms with Gasteiger partial charge < -0.3 is 9.30 Å². The van der Waals surface area contributed by atoms with Gasteiger partial charge in [0.15, 0.2) is 0 Å². The molecule has 0 aliphatic rings. The van der Waals surface area contributed by atoms with Crippen LogP contribution in [0.4, 0.5) is 0 Å². The summed E-state index contributed by atoms with van der Waals surface area (Å²) in [6.07, 6.45) is 2.83. The topological polar surface area (TPSA) is 31.2 Å². The Labute approximate surface area is 118 Å². The molecule has 0 unspecified atom stereocenters. The lowest BCUT2D eigenvalue weighted by atomic mass is 10.1. The maximum Gasteiger partial charge on any atom is 0.264 e. The van der Waals surface area contributed by atoms with Crippen LogP contribution in [0.15, 0.2) is 26.0 Å². The summed E-state index contributed by atoms with van der Waals surface area (Å²) in [6.45, 7) is 6.23. The number of ether oxygens (including phenoxy) is 1. The Bertz CT molecular complexity index is 415. The zero-order valence-electron chi connectivity index (χ0n) is 10.1. The Hall–Kier alpha value is -0.130. The second-order valence-electron chi connectivity index (χ2n) is 4.30. The van der Waals surface area contributed by atoms with Crippen molar-refractivity contribution in [3.8, 4) is 0 Å². The summed E-state index contributed by atoms with van der Waals surface area (Å²) in [5.41, 5.74) is -0.0272. The maximum atomic E-state index is 11.7. The van der Waals surface area contributed by atoms with Crippen molar-refractivity contribution in [2.75, 3.05) is 13.2 Å². The number of hydrogen-bond donors (Lipinski definition) is 0. The summed E-state index contributed by atoms with van der Waals surface area (Å²) in [5.74, 6) is 0.651. The van der Waals surface area contributed by atoms with Crippen LogP contribution in [0.25, 0.3) is 0 Å². The monoisotopic (exact) mass is 365 g/mol. The molecule has 0 bridgehead atoms. The molecule has 1 heterocycles. The molecule has 0 saturated heterocycles. The summed E-state index contributed by atoms with van der Waals surface area (Å²) >= 11 is 6.59. The van der Waals surface area contributed by atoms with Gasteiger partial charge in [-0.25, -0.2) is 0 Å². The molecule has 0 aromatic carbocycles. The minimum Gasteiger partial charge on any atom is -0.380 e. The molecule has 0 aliphatic carbocycles. The van der Waals surface area contributed by atoms with Gasteiger partial charge in [-0.05, 0) is 50.3 Å². The Balaban J connectivity index is 2.44. The molecule has 17 heavy (non-hydrogen) atoms. The molecule has 0 fully saturated rings. The highest BCUT2D eigenvalue weighted by atomic mass is 79.9. The normalized spacial score (nSPS) is 11.1. The van der Waals surface area contributed by atoms with Crippen LogP contribution in [-0.2, 0) is 11.3 Å². The number of nitrogens with zero attached hydrogens (tertiary/aromatic N) is 1. The van der Waals surface area contributed by atoms with Gasteiger partial charge >= 0.3 is 0 Å². The van der Waals surface area contributed by atoms with Crippen LogP contribution >= 0.6 is 31.9 Å². The second-order valence-corrected chi connectivity index (χ2v) is 6.07. The molecule has 1 aromatic rings. The number of halogens is 2. The van der Waals surface area contributed by atoms with E-state index in [1.807, 2.05) is 0 Å². The molecule has 5 heteroatoms. The highest BCUT2D eigenvalue weighted by Crippen LogP contribution is 2.12. The van der Waals surface area contributed by atoms with Crippen molar-refractivity contribution in [3.05, 3.63) is 31.6 Å². The van der Waals surface area contributed by atoms with Crippen molar-refractivity contribution in [2.45, 2.75) is 26.8 Å². The minimum atomic E-state index is -0.0272. The smallest absolute Gasteiger partial charge is 0.264 e. The van der Waals surface area contributed by atoms with Crippen LogP contribution in [0.5, 0.6) is 0 Å². The molecule has 0 aliphatic heterocycles. The van der Waals surface area contributed by atoms with Crippen LogP contribution in [0.3, 0.4) is 0 Å². The van der Waals surface area contributed by atoms with Crippen LogP contribution in [0.1, 0.15) is 20.3 Å². The SMILES string of the molecule is CC(C)CCOCCn1cc(Br)cc(Br)c1=O. The Kier molecular flexibility index (Phi) is 6.44. The third kappa shape index (κ3) is 5.36. The highest BCUT2D eigenvalue weighted by Gasteiger charge is 2.03. The Morgan fingerprint density at radius 2 is 2.06 bits per heavy atom.